The summed E-state index contributed by atoms with van der Waals surface area (Å²) in [5, 5.41) is 3.15. The second kappa shape index (κ2) is 8.75. The quantitative estimate of drug-likeness (QED) is 0.642. The van der Waals surface area contributed by atoms with E-state index in [4.69, 9.17) is 16.3 Å². The Bertz CT molecular complexity index is 1010. The van der Waals surface area contributed by atoms with Crippen LogP contribution in [-0.4, -0.2) is 22.1 Å². The molecule has 8 heteroatoms. The van der Waals surface area contributed by atoms with Crippen molar-refractivity contribution in [1.82, 2.24) is 9.97 Å². The normalized spacial score (nSPS) is 10.4. The minimum Gasteiger partial charge on any atom is -0.455 e. The summed E-state index contributed by atoms with van der Waals surface area (Å²) in [5.74, 6) is 1.45. The number of nitrogens with one attached hydrogen (secondary N) is 2. The molecule has 6 nitrogen and oxygen atoms in total. The molecule has 1 aromatic heterocycles. The van der Waals surface area contributed by atoms with Gasteiger partial charge < -0.3 is 15.0 Å². The number of rotatable bonds is 6. The van der Waals surface area contributed by atoms with E-state index in [-0.39, 0.29) is 11.3 Å². The van der Waals surface area contributed by atoms with Gasteiger partial charge in [-0.05, 0) is 36.6 Å². The fourth-order valence-corrected chi connectivity index (χ4v) is 2.90. The van der Waals surface area contributed by atoms with Crippen LogP contribution in [0.3, 0.4) is 0 Å². The zero-order valence-electron chi connectivity index (χ0n) is 14.4. The Labute approximate surface area is 164 Å². The SMILES string of the molecule is CSCc1nc(C(=O)Nc2cc(Cl)ccc2Oc2ccccc2)cc(=O)[nH]1. The number of aromatic nitrogens is 2. The molecule has 0 unspecified atom stereocenters. The molecule has 3 rings (SSSR count). The number of para-hydroxylation sites is 1. The smallest absolute Gasteiger partial charge is 0.274 e. The van der Waals surface area contributed by atoms with E-state index in [9.17, 15) is 9.59 Å². The maximum Gasteiger partial charge on any atom is 0.274 e. The van der Waals surface area contributed by atoms with Crippen LogP contribution >= 0.6 is 23.4 Å². The summed E-state index contributed by atoms with van der Waals surface area (Å²) in [7, 11) is 0. The monoisotopic (exact) mass is 401 g/mol. The lowest BCUT2D eigenvalue weighted by Crippen LogP contribution is -2.20. The number of aromatic amines is 1. The third-order valence-corrected chi connectivity index (χ3v) is 4.26. The molecule has 0 fully saturated rings. The third kappa shape index (κ3) is 5.12. The number of anilines is 1. The van der Waals surface area contributed by atoms with Gasteiger partial charge in [-0.15, -0.1) is 0 Å². The summed E-state index contributed by atoms with van der Waals surface area (Å²) in [4.78, 5) is 31.2. The molecule has 1 amide bonds. The Balaban J connectivity index is 1.87. The van der Waals surface area contributed by atoms with Crippen LogP contribution in [0.1, 0.15) is 16.3 Å². The van der Waals surface area contributed by atoms with Crippen LogP contribution in [0.25, 0.3) is 0 Å². The molecule has 0 radical (unpaired) electrons. The predicted molar refractivity (Wildman–Crippen MR) is 108 cm³/mol. The number of hydrogen-bond acceptors (Lipinski definition) is 5. The summed E-state index contributed by atoms with van der Waals surface area (Å²) < 4.78 is 5.82. The van der Waals surface area contributed by atoms with Crippen molar-refractivity contribution in [2.45, 2.75) is 5.75 Å². The molecule has 0 saturated carbocycles. The molecular formula is C19H16ClN3O3S. The maximum atomic E-state index is 12.6. The van der Waals surface area contributed by atoms with Crippen LogP contribution in [0, 0.1) is 0 Å². The Morgan fingerprint density at radius 1 is 1.22 bits per heavy atom. The highest BCUT2D eigenvalue weighted by Crippen LogP contribution is 2.32. The van der Waals surface area contributed by atoms with E-state index in [1.807, 2.05) is 24.5 Å². The largest absolute Gasteiger partial charge is 0.455 e. The Morgan fingerprint density at radius 3 is 2.74 bits per heavy atom. The summed E-state index contributed by atoms with van der Waals surface area (Å²) in [5.41, 5.74) is 0.0179. The van der Waals surface area contributed by atoms with Gasteiger partial charge >= 0.3 is 0 Å². The molecule has 1 heterocycles. The van der Waals surface area contributed by atoms with Crippen LogP contribution in [0.5, 0.6) is 11.5 Å². The van der Waals surface area contributed by atoms with E-state index >= 15 is 0 Å². The molecule has 0 bridgehead atoms. The van der Waals surface area contributed by atoms with Crippen LogP contribution in [0.2, 0.25) is 5.02 Å². The van der Waals surface area contributed by atoms with Crippen molar-refractivity contribution in [3.63, 3.8) is 0 Å². The fourth-order valence-electron chi connectivity index (χ4n) is 2.32. The lowest BCUT2D eigenvalue weighted by molar-refractivity contribution is 0.102. The van der Waals surface area contributed by atoms with E-state index in [0.29, 0.717) is 33.8 Å². The zero-order chi connectivity index (χ0) is 19.2. The first kappa shape index (κ1) is 19.0. The molecule has 27 heavy (non-hydrogen) atoms. The first-order chi connectivity index (χ1) is 13.0. The van der Waals surface area contributed by atoms with E-state index in [2.05, 4.69) is 15.3 Å². The molecule has 0 aliphatic carbocycles. The van der Waals surface area contributed by atoms with Crippen molar-refractivity contribution in [3.8, 4) is 11.5 Å². The standard InChI is InChI=1S/C19H16ClN3O3S/c1-27-11-17-21-15(10-18(24)23-17)19(25)22-14-9-12(20)7-8-16(14)26-13-5-3-2-4-6-13/h2-10H,11H2,1H3,(H,22,25)(H,21,23,24). The van der Waals surface area contributed by atoms with Gasteiger partial charge in [-0.1, -0.05) is 29.8 Å². The van der Waals surface area contributed by atoms with Crippen LogP contribution in [0.4, 0.5) is 5.69 Å². The topological polar surface area (TPSA) is 84.1 Å². The van der Waals surface area contributed by atoms with Crippen molar-refractivity contribution in [3.05, 3.63) is 81.5 Å². The van der Waals surface area contributed by atoms with Crippen molar-refractivity contribution in [2.24, 2.45) is 0 Å². The lowest BCUT2D eigenvalue weighted by Gasteiger charge is -2.13. The van der Waals surface area contributed by atoms with E-state index in [0.717, 1.165) is 6.07 Å². The minimum atomic E-state index is -0.524. The first-order valence-corrected chi connectivity index (χ1v) is 9.75. The van der Waals surface area contributed by atoms with Crippen LogP contribution in [-0.2, 0) is 5.75 Å². The number of amides is 1. The summed E-state index contributed by atoms with van der Waals surface area (Å²) in [6, 6.07) is 15.2. The highest BCUT2D eigenvalue weighted by atomic mass is 35.5. The average molecular weight is 402 g/mol. The fraction of sp³-hybridized carbons (Fsp3) is 0.105. The molecule has 0 saturated heterocycles. The van der Waals surface area contributed by atoms with Gasteiger partial charge in [0.1, 0.15) is 17.3 Å². The van der Waals surface area contributed by atoms with Crippen molar-refractivity contribution in [1.29, 1.82) is 0 Å². The van der Waals surface area contributed by atoms with Gasteiger partial charge in [-0.3, -0.25) is 9.59 Å². The predicted octanol–water partition coefficient (Wildman–Crippen LogP) is 4.33. The summed E-state index contributed by atoms with van der Waals surface area (Å²) in [6.45, 7) is 0. The number of nitrogens with zero attached hydrogens (tertiary/aromatic N) is 1. The number of carbonyl (C=O) groups is 1. The molecule has 0 aliphatic heterocycles. The number of ether oxygens (including phenoxy) is 1. The van der Waals surface area contributed by atoms with Gasteiger partial charge in [0.2, 0.25) is 0 Å². The van der Waals surface area contributed by atoms with Gasteiger partial charge in [-0.2, -0.15) is 11.8 Å². The van der Waals surface area contributed by atoms with Gasteiger partial charge in [-0.25, -0.2) is 4.98 Å². The summed E-state index contributed by atoms with van der Waals surface area (Å²) >= 11 is 7.55. The molecule has 2 aromatic carbocycles. The number of benzene rings is 2. The molecule has 3 aromatic rings. The second-order valence-electron chi connectivity index (χ2n) is 5.52. The van der Waals surface area contributed by atoms with Gasteiger partial charge in [0.25, 0.3) is 11.5 Å². The van der Waals surface area contributed by atoms with Gasteiger partial charge in [0.05, 0.1) is 11.4 Å². The van der Waals surface area contributed by atoms with E-state index in [1.54, 1.807) is 30.3 Å². The number of thioether (sulfide) groups is 1. The van der Waals surface area contributed by atoms with Gasteiger partial charge in [0, 0.05) is 11.1 Å². The molecule has 0 aliphatic rings. The van der Waals surface area contributed by atoms with Crippen molar-refractivity contribution in [2.75, 3.05) is 11.6 Å². The second-order valence-corrected chi connectivity index (χ2v) is 6.82. The Kier molecular flexibility index (Phi) is 6.16. The molecule has 2 N–H and O–H groups in total. The summed E-state index contributed by atoms with van der Waals surface area (Å²) in [6.07, 6.45) is 1.88. The third-order valence-electron chi connectivity index (χ3n) is 3.47. The van der Waals surface area contributed by atoms with E-state index < -0.39 is 5.91 Å². The lowest BCUT2D eigenvalue weighted by atomic mass is 10.2. The molecule has 0 spiro atoms. The first-order valence-electron chi connectivity index (χ1n) is 7.98. The zero-order valence-corrected chi connectivity index (χ0v) is 15.9. The number of hydrogen-bond donors (Lipinski definition) is 2. The highest BCUT2D eigenvalue weighted by Gasteiger charge is 2.14. The number of halogens is 1. The van der Waals surface area contributed by atoms with Crippen LogP contribution < -0.4 is 15.6 Å². The van der Waals surface area contributed by atoms with Crippen LogP contribution in [0.15, 0.2) is 59.4 Å². The number of H-pyrrole nitrogens is 1. The van der Waals surface area contributed by atoms with E-state index in [1.165, 1.54) is 11.8 Å². The van der Waals surface area contributed by atoms with Crippen molar-refractivity contribution >= 4 is 35.0 Å². The average Bonchev–Trinajstić information content (AvgIpc) is 2.64. The number of carbonyl (C=O) groups excluding carboxylic acids is 1. The highest BCUT2D eigenvalue weighted by molar-refractivity contribution is 7.97. The molecule has 0 atom stereocenters. The Morgan fingerprint density at radius 2 is 2.00 bits per heavy atom. The molecular weight excluding hydrogens is 386 g/mol. The Hall–Kier alpha value is -2.77. The van der Waals surface area contributed by atoms with Gasteiger partial charge in [0.15, 0.2) is 5.75 Å². The van der Waals surface area contributed by atoms with Crippen molar-refractivity contribution < 1.29 is 9.53 Å². The molecule has 138 valence electrons. The maximum absolute atomic E-state index is 12.6. The minimum absolute atomic E-state index is 0.0217.